The molecule has 0 fully saturated rings. The van der Waals surface area contributed by atoms with Gasteiger partial charge in [-0.2, -0.15) is 0 Å². The molecule has 1 aromatic carbocycles. The predicted molar refractivity (Wildman–Crippen MR) is 57.2 cm³/mol. The van der Waals surface area contributed by atoms with Crippen molar-refractivity contribution in [2.45, 2.75) is 31.9 Å². The molecule has 0 saturated carbocycles. The van der Waals surface area contributed by atoms with E-state index in [1.54, 1.807) is 0 Å². The Labute approximate surface area is 88.7 Å². The van der Waals surface area contributed by atoms with E-state index in [0.717, 1.165) is 5.56 Å². The molecule has 0 aliphatic rings. The number of hydrogen-bond donors (Lipinski definition) is 1. The second-order valence-electron chi connectivity index (χ2n) is 4.14. The van der Waals surface area contributed by atoms with Crippen molar-refractivity contribution >= 4 is 0 Å². The van der Waals surface area contributed by atoms with E-state index >= 15 is 0 Å². The van der Waals surface area contributed by atoms with Crippen molar-refractivity contribution in [3.05, 3.63) is 46.0 Å². The van der Waals surface area contributed by atoms with E-state index in [2.05, 4.69) is 0 Å². The van der Waals surface area contributed by atoms with Gasteiger partial charge in [-0.1, -0.05) is 30.3 Å². The minimum Gasteiger partial charge on any atom is -0.383 e. The number of nitrogens with zero attached hydrogens (tertiary/aromatic N) is 1. The molecule has 0 radical (unpaired) electrons. The van der Waals surface area contributed by atoms with Gasteiger partial charge in [0.1, 0.15) is 5.60 Å². The molecule has 0 aliphatic heterocycles. The second kappa shape index (κ2) is 4.40. The average molecular weight is 209 g/mol. The Morgan fingerprint density at radius 3 is 2.33 bits per heavy atom. The number of nitro groups is 1. The predicted octanol–water partition coefficient (Wildman–Crippen LogP) is 1.65. The molecular weight excluding hydrogens is 194 g/mol. The minimum atomic E-state index is -1.31. The fraction of sp³-hybridized carbons (Fsp3) is 0.455. The van der Waals surface area contributed by atoms with E-state index in [4.69, 9.17) is 0 Å². The molecule has 0 saturated heterocycles. The highest BCUT2D eigenvalue weighted by Gasteiger charge is 2.36. The first kappa shape index (κ1) is 11.7. The van der Waals surface area contributed by atoms with Gasteiger partial charge in [0, 0.05) is 11.3 Å². The molecule has 0 spiro atoms. The molecule has 1 atom stereocenters. The van der Waals surface area contributed by atoms with Crippen LogP contribution in [0, 0.1) is 10.1 Å². The molecule has 4 nitrogen and oxygen atoms in total. The molecule has 1 aromatic rings. The lowest BCUT2D eigenvalue weighted by Crippen LogP contribution is -2.43. The normalized spacial score (nSPS) is 13.5. The minimum absolute atomic E-state index is 0.247. The van der Waals surface area contributed by atoms with Gasteiger partial charge in [-0.05, 0) is 19.4 Å². The first-order chi connectivity index (χ1) is 6.91. The zero-order valence-corrected chi connectivity index (χ0v) is 8.88. The van der Waals surface area contributed by atoms with Crippen LogP contribution in [0.1, 0.15) is 19.4 Å². The number of rotatable bonds is 4. The third-order valence-corrected chi connectivity index (χ3v) is 2.34. The number of aliphatic hydroxyl groups is 1. The monoisotopic (exact) mass is 209 g/mol. The van der Waals surface area contributed by atoms with Crippen LogP contribution < -0.4 is 0 Å². The smallest absolute Gasteiger partial charge is 0.244 e. The Balaban J connectivity index is 2.82. The second-order valence-corrected chi connectivity index (χ2v) is 4.14. The summed E-state index contributed by atoms with van der Waals surface area (Å²) >= 11 is 0. The zero-order chi connectivity index (χ0) is 11.5. The summed E-state index contributed by atoms with van der Waals surface area (Å²) in [6.45, 7) is 2.92. The van der Waals surface area contributed by atoms with Crippen LogP contribution in [0.4, 0.5) is 0 Å². The third kappa shape index (κ3) is 3.32. The molecule has 0 aliphatic carbocycles. The van der Waals surface area contributed by atoms with Crippen LogP contribution in [0.25, 0.3) is 0 Å². The highest BCUT2D eigenvalue weighted by atomic mass is 16.6. The van der Waals surface area contributed by atoms with Crippen LogP contribution in [0.15, 0.2) is 30.3 Å². The maximum Gasteiger partial charge on any atom is 0.244 e. The van der Waals surface area contributed by atoms with Crippen LogP contribution in [-0.2, 0) is 6.42 Å². The molecule has 82 valence electrons. The van der Waals surface area contributed by atoms with Crippen molar-refractivity contribution in [1.82, 2.24) is 0 Å². The molecular formula is C11H15NO3. The Morgan fingerprint density at radius 2 is 1.93 bits per heavy atom. The average Bonchev–Trinajstić information content (AvgIpc) is 2.13. The van der Waals surface area contributed by atoms with Gasteiger partial charge in [-0.25, -0.2) is 0 Å². The quantitative estimate of drug-likeness (QED) is 0.605. The summed E-state index contributed by atoms with van der Waals surface area (Å²) in [7, 11) is 0. The van der Waals surface area contributed by atoms with Crippen LogP contribution >= 0.6 is 0 Å². The Morgan fingerprint density at radius 1 is 1.40 bits per heavy atom. The zero-order valence-electron chi connectivity index (χ0n) is 8.88. The van der Waals surface area contributed by atoms with Gasteiger partial charge in [0.25, 0.3) is 0 Å². The summed E-state index contributed by atoms with van der Waals surface area (Å²) in [5.74, 6) is 0. The summed E-state index contributed by atoms with van der Waals surface area (Å²) < 4.78 is 0. The van der Waals surface area contributed by atoms with Gasteiger partial charge >= 0.3 is 0 Å². The summed E-state index contributed by atoms with van der Waals surface area (Å²) in [5.41, 5.74) is -0.444. The van der Waals surface area contributed by atoms with Gasteiger partial charge in [-0.3, -0.25) is 10.1 Å². The molecule has 1 N–H and O–H groups in total. The maximum absolute atomic E-state index is 10.8. The van der Waals surface area contributed by atoms with Crippen molar-refractivity contribution in [3.63, 3.8) is 0 Å². The summed E-state index contributed by atoms with van der Waals surface area (Å²) in [4.78, 5) is 10.4. The Kier molecular flexibility index (Phi) is 3.42. The fourth-order valence-corrected chi connectivity index (χ4v) is 1.42. The SMILES string of the molecule is CC(C)(O)C(Cc1ccccc1)[N+](=O)[O-]. The Bertz CT molecular complexity index is 329. The molecule has 1 rings (SSSR count). The first-order valence-corrected chi connectivity index (χ1v) is 4.81. The van der Waals surface area contributed by atoms with E-state index in [-0.39, 0.29) is 6.42 Å². The molecule has 1 unspecified atom stereocenters. The van der Waals surface area contributed by atoms with Crippen molar-refractivity contribution < 1.29 is 10.0 Å². The van der Waals surface area contributed by atoms with E-state index in [1.807, 2.05) is 30.3 Å². The number of benzene rings is 1. The van der Waals surface area contributed by atoms with Gasteiger partial charge in [0.2, 0.25) is 6.04 Å². The molecule has 15 heavy (non-hydrogen) atoms. The van der Waals surface area contributed by atoms with E-state index in [1.165, 1.54) is 13.8 Å². The molecule has 0 amide bonds. The molecule has 0 heterocycles. The van der Waals surface area contributed by atoms with Crippen LogP contribution in [-0.4, -0.2) is 21.7 Å². The van der Waals surface area contributed by atoms with Gasteiger partial charge in [-0.15, -0.1) is 0 Å². The third-order valence-electron chi connectivity index (χ3n) is 2.34. The van der Waals surface area contributed by atoms with Gasteiger partial charge < -0.3 is 5.11 Å². The maximum atomic E-state index is 10.8. The summed E-state index contributed by atoms with van der Waals surface area (Å²) in [6, 6.07) is 8.19. The summed E-state index contributed by atoms with van der Waals surface area (Å²) in [5, 5.41) is 20.5. The fourth-order valence-electron chi connectivity index (χ4n) is 1.42. The molecule has 4 heteroatoms. The van der Waals surface area contributed by atoms with Crippen LogP contribution in [0.5, 0.6) is 0 Å². The van der Waals surface area contributed by atoms with Gasteiger partial charge in [0.15, 0.2) is 0 Å². The van der Waals surface area contributed by atoms with E-state index < -0.39 is 16.6 Å². The van der Waals surface area contributed by atoms with Crippen LogP contribution in [0.3, 0.4) is 0 Å². The van der Waals surface area contributed by atoms with Crippen molar-refractivity contribution in [3.8, 4) is 0 Å². The van der Waals surface area contributed by atoms with E-state index in [9.17, 15) is 15.2 Å². The topological polar surface area (TPSA) is 63.4 Å². The van der Waals surface area contributed by atoms with Crippen molar-refractivity contribution in [1.29, 1.82) is 0 Å². The first-order valence-electron chi connectivity index (χ1n) is 4.81. The summed E-state index contributed by atoms with van der Waals surface area (Å²) in [6.07, 6.45) is 0.247. The standard InChI is InChI=1S/C11H15NO3/c1-11(2,13)10(12(14)15)8-9-6-4-3-5-7-9/h3-7,10,13H,8H2,1-2H3. The molecule has 0 aromatic heterocycles. The highest BCUT2D eigenvalue weighted by molar-refractivity contribution is 5.16. The van der Waals surface area contributed by atoms with Gasteiger partial charge in [0.05, 0.1) is 0 Å². The van der Waals surface area contributed by atoms with Crippen molar-refractivity contribution in [2.24, 2.45) is 0 Å². The Hall–Kier alpha value is -1.42. The lowest BCUT2D eigenvalue weighted by atomic mass is 9.93. The molecule has 0 bridgehead atoms. The number of hydrogen-bond acceptors (Lipinski definition) is 3. The highest BCUT2D eigenvalue weighted by Crippen LogP contribution is 2.16. The van der Waals surface area contributed by atoms with Crippen molar-refractivity contribution in [2.75, 3.05) is 0 Å². The van der Waals surface area contributed by atoms with Crippen LogP contribution in [0.2, 0.25) is 0 Å². The van der Waals surface area contributed by atoms with E-state index in [0.29, 0.717) is 0 Å². The lowest BCUT2D eigenvalue weighted by molar-refractivity contribution is -0.543. The largest absolute Gasteiger partial charge is 0.383 e. The lowest BCUT2D eigenvalue weighted by Gasteiger charge is -2.21.